The van der Waals surface area contributed by atoms with Crippen molar-refractivity contribution >= 4 is 35.6 Å². The fraction of sp³-hybridized carbons (Fsp3) is 0.533. The summed E-state index contributed by atoms with van der Waals surface area (Å²) in [5.74, 6) is 0.658. The molecule has 1 aromatic rings. The van der Waals surface area contributed by atoms with Crippen LogP contribution in [-0.2, 0) is 4.79 Å². The largest absolute Gasteiger partial charge is 0.492 e. The Morgan fingerprint density at radius 1 is 1.48 bits per heavy atom. The molecule has 0 aromatic heterocycles. The fourth-order valence-electron chi connectivity index (χ4n) is 2.21. The zero-order valence-electron chi connectivity index (χ0n) is 12.2. The Labute approximate surface area is 137 Å². The summed E-state index contributed by atoms with van der Waals surface area (Å²) in [5, 5.41) is 6.64. The number of ether oxygens (including phenoxy) is 1. The van der Waals surface area contributed by atoms with E-state index in [2.05, 4.69) is 10.6 Å². The van der Waals surface area contributed by atoms with Gasteiger partial charge in [-0.2, -0.15) is 0 Å². The molecule has 0 aliphatic carbocycles. The molecule has 0 spiro atoms. The van der Waals surface area contributed by atoms with E-state index < -0.39 is 0 Å². The van der Waals surface area contributed by atoms with Crippen molar-refractivity contribution in [2.75, 3.05) is 18.5 Å². The van der Waals surface area contributed by atoms with Crippen LogP contribution in [0.25, 0.3) is 0 Å². The number of nitrogens with one attached hydrogen (secondary N) is 2. The SMILES string of the molecule is CCCOc1ccc(NC(=O)C2CCCCN2)cc1Cl.Cl. The summed E-state index contributed by atoms with van der Waals surface area (Å²) in [5.41, 5.74) is 0.705. The van der Waals surface area contributed by atoms with Crippen molar-refractivity contribution in [2.45, 2.75) is 38.6 Å². The molecule has 0 bridgehead atoms. The van der Waals surface area contributed by atoms with Crippen molar-refractivity contribution in [3.05, 3.63) is 23.2 Å². The van der Waals surface area contributed by atoms with E-state index in [1.54, 1.807) is 12.1 Å². The Kier molecular flexibility index (Phi) is 7.86. The number of carbonyl (C=O) groups is 1. The number of benzene rings is 1. The third-order valence-corrected chi connectivity index (χ3v) is 3.58. The fourth-order valence-corrected chi connectivity index (χ4v) is 2.45. The minimum Gasteiger partial charge on any atom is -0.492 e. The summed E-state index contributed by atoms with van der Waals surface area (Å²) in [7, 11) is 0. The molecule has 1 unspecified atom stereocenters. The summed E-state index contributed by atoms with van der Waals surface area (Å²) in [6.07, 6.45) is 4.05. The third-order valence-electron chi connectivity index (χ3n) is 3.29. The predicted octanol–water partition coefficient (Wildman–Crippen LogP) is 3.63. The maximum Gasteiger partial charge on any atom is 0.241 e. The molecule has 1 aliphatic rings. The number of amides is 1. The minimum atomic E-state index is -0.0986. The van der Waals surface area contributed by atoms with Crippen LogP contribution in [0, 0.1) is 0 Å². The highest BCUT2D eigenvalue weighted by molar-refractivity contribution is 6.32. The van der Waals surface area contributed by atoms with Gasteiger partial charge in [0, 0.05) is 5.69 Å². The normalized spacial score (nSPS) is 17.7. The lowest BCUT2D eigenvalue weighted by Crippen LogP contribution is -2.43. The van der Waals surface area contributed by atoms with Gasteiger partial charge in [-0.3, -0.25) is 4.79 Å². The molecule has 1 aliphatic heterocycles. The molecular formula is C15H22Cl2N2O2. The van der Waals surface area contributed by atoms with E-state index in [4.69, 9.17) is 16.3 Å². The van der Waals surface area contributed by atoms with Crippen LogP contribution in [0.5, 0.6) is 5.75 Å². The van der Waals surface area contributed by atoms with Crippen LogP contribution in [0.2, 0.25) is 5.02 Å². The highest BCUT2D eigenvalue weighted by atomic mass is 35.5. The molecular weight excluding hydrogens is 311 g/mol. The van der Waals surface area contributed by atoms with Gasteiger partial charge in [0.05, 0.1) is 17.7 Å². The van der Waals surface area contributed by atoms with Gasteiger partial charge in [0.25, 0.3) is 0 Å². The minimum absolute atomic E-state index is 0. The number of hydrogen-bond acceptors (Lipinski definition) is 3. The molecule has 1 aromatic carbocycles. The van der Waals surface area contributed by atoms with Crippen molar-refractivity contribution in [3.8, 4) is 5.75 Å². The van der Waals surface area contributed by atoms with Crippen molar-refractivity contribution < 1.29 is 9.53 Å². The molecule has 2 N–H and O–H groups in total. The first-order valence-electron chi connectivity index (χ1n) is 7.17. The number of piperidine rings is 1. The molecule has 1 atom stereocenters. The number of anilines is 1. The lowest BCUT2D eigenvalue weighted by molar-refractivity contribution is -0.118. The second-order valence-corrected chi connectivity index (χ2v) is 5.39. The van der Waals surface area contributed by atoms with Gasteiger partial charge in [0.2, 0.25) is 5.91 Å². The summed E-state index contributed by atoms with van der Waals surface area (Å²) < 4.78 is 5.51. The monoisotopic (exact) mass is 332 g/mol. The predicted molar refractivity (Wildman–Crippen MR) is 88.8 cm³/mol. The molecule has 4 nitrogen and oxygen atoms in total. The van der Waals surface area contributed by atoms with Crippen LogP contribution < -0.4 is 15.4 Å². The first-order valence-corrected chi connectivity index (χ1v) is 7.55. The molecule has 21 heavy (non-hydrogen) atoms. The quantitative estimate of drug-likeness (QED) is 0.865. The van der Waals surface area contributed by atoms with Gasteiger partial charge in [-0.05, 0) is 44.0 Å². The van der Waals surface area contributed by atoms with Gasteiger partial charge in [-0.15, -0.1) is 12.4 Å². The Balaban J connectivity index is 0.00000220. The lowest BCUT2D eigenvalue weighted by atomic mass is 10.0. The summed E-state index contributed by atoms with van der Waals surface area (Å²) in [4.78, 5) is 12.1. The van der Waals surface area contributed by atoms with E-state index in [1.165, 1.54) is 0 Å². The van der Waals surface area contributed by atoms with Crippen LogP contribution in [0.4, 0.5) is 5.69 Å². The van der Waals surface area contributed by atoms with Crippen molar-refractivity contribution in [1.29, 1.82) is 0 Å². The second-order valence-electron chi connectivity index (χ2n) is 4.99. The van der Waals surface area contributed by atoms with Gasteiger partial charge in [-0.1, -0.05) is 24.9 Å². The molecule has 118 valence electrons. The van der Waals surface area contributed by atoms with E-state index >= 15 is 0 Å². The van der Waals surface area contributed by atoms with Crippen LogP contribution in [0.15, 0.2) is 18.2 Å². The molecule has 0 saturated carbocycles. The first kappa shape index (κ1) is 18.1. The van der Waals surface area contributed by atoms with Gasteiger partial charge in [0.15, 0.2) is 0 Å². The van der Waals surface area contributed by atoms with Gasteiger partial charge in [0.1, 0.15) is 5.75 Å². The van der Waals surface area contributed by atoms with Gasteiger partial charge < -0.3 is 15.4 Å². The average molecular weight is 333 g/mol. The van der Waals surface area contributed by atoms with E-state index in [9.17, 15) is 4.79 Å². The Bertz CT molecular complexity index is 463. The Morgan fingerprint density at radius 3 is 2.90 bits per heavy atom. The van der Waals surface area contributed by atoms with Crippen LogP contribution in [-0.4, -0.2) is 25.1 Å². The average Bonchev–Trinajstić information content (AvgIpc) is 2.47. The van der Waals surface area contributed by atoms with Gasteiger partial charge >= 0.3 is 0 Å². The lowest BCUT2D eigenvalue weighted by Gasteiger charge is -2.22. The Morgan fingerprint density at radius 2 is 2.29 bits per heavy atom. The first-order chi connectivity index (χ1) is 9.70. The zero-order valence-corrected chi connectivity index (χ0v) is 13.7. The topological polar surface area (TPSA) is 50.4 Å². The highest BCUT2D eigenvalue weighted by Gasteiger charge is 2.20. The number of rotatable bonds is 5. The maximum atomic E-state index is 12.1. The van der Waals surface area contributed by atoms with Crippen molar-refractivity contribution in [3.63, 3.8) is 0 Å². The molecule has 1 amide bonds. The zero-order chi connectivity index (χ0) is 14.4. The van der Waals surface area contributed by atoms with E-state index in [-0.39, 0.29) is 24.4 Å². The van der Waals surface area contributed by atoms with E-state index in [0.29, 0.717) is 23.1 Å². The third kappa shape index (κ3) is 5.38. The van der Waals surface area contributed by atoms with Gasteiger partial charge in [-0.25, -0.2) is 0 Å². The summed E-state index contributed by atoms with van der Waals surface area (Å²) in [6, 6.07) is 5.24. The molecule has 1 saturated heterocycles. The number of carbonyl (C=O) groups excluding carboxylic acids is 1. The van der Waals surface area contributed by atoms with Crippen LogP contribution in [0.1, 0.15) is 32.6 Å². The van der Waals surface area contributed by atoms with Crippen molar-refractivity contribution in [1.82, 2.24) is 5.32 Å². The van der Waals surface area contributed by atoms with Crippen LogP contribution >= 0.6 is 24.0 Å². The smallest absolute Gasteiger partial charge is 0.241 e. The number of hydrogen-bond donors (Lipinski definition) is 2. The maximum absolute atomic E-state index is 12.1. The van der Waals surface area contributed by atoms with Crippen molar-refractivity contribution in [2.24, 2.45) is 0 Å². The molecule has 2 rings (SSSR count). The molecule has 1 fully saturated rings. The highest BCUT2D eigenvalue weighted by Crippen LogP contribution is 2.28. The Hall–Kier alpha value is -0.970. The summed E-state index contributed by atoms with van der Waals surface area (Å²) >= 11 is 6.14. The molecule has 1 heterocycles. The molecule has 0 radical (unpaired) electrons. The van der Waals surface area contributed by atoms with E-state index in [1.807, 2.05) is 13.0 Å². The second kappa shape index (κ2) is 9.13. The number of halogens is 2. The molecule has 6 heteroatoms. The summed E-state index contributed by atoms with van der Waals surface area (Å²) in [6.45, 7) is 3.58. The standard InChI is InChI=1S/C15H21ClN2O2.ClH/c1-2-9-20-14-7-6-11(10-12(14)16)18-15(19)13-5-3-4-8-17-13;/h6-7,10,13,17H,2-5,8-9H2,1H3,(H,18,19);1H. The van der Waals surface area contributed by atoms with Crippen LogP contribution in [0.3, 0.4) is 0 Å². The van der Waals surface area contributed by atoms with E-state index in [0.717, 1.165) is 32.2 Å².